The van der Waals surface area contributed by atoms with Crippen molar-refractivity contribution in [2.24, 2.45) is 0 Å². The van der Waals surface area contributed by atoms with Gasteiger partial charge in [-0.1, -0.05) is 48.5 Å². The molecule has 13 heteroatoms. The molecule has 1 fully saturated rings. The van der Waals surface area contributed by atoms with E-state index in [1.54, 1.807) is 22.8 Å². The van der Waals surface area contributed by atoms with Gasteiger partial charge in [0.15, 0.2) is 34.9 Å². The Kier molecular flexibility index (Phi) is 7.98. The molecular weight excluding hydrogens is 556 g/mol. The van der Waals surface area contributed by atoms with E-state index in [2.05, 4.69) is 25.6 Å². The van der Waals surface area contributed by atoms with Crippen LogP contribution in [0.4, 0.5) is 10.6 Å². The van der Waals surface area contributed by atoms with Crippen molar-refractivity contribution >= 4 is 40.9 Å². The van der Waals surface area contributed by atoms with Crippen molar-refractivity contribution in [1.82, 2.24) is 24.8 Å². The second-order valence-electron chi connectivity index (χ2n) is 9.65. The van der Waals surface area contributed by atoms with E-state index in [9.17, 15) is 14.7 Å². The Morgan fingerprint density at radius 1 is 1.09 bits per heavy atom. The summed E-state index contributed by atoms with van der Waals surface area (Å²) in [4.78, 5) is 36.4. The van der Waals surface area contributed by atoms with Gasteiger partial charge in [-0.3, -0.25) is 5.32 Å². The van der Waals surface area contributed by atoms with Gasteiger partial charge in [0.05, 0.1) is 18.8 Å². The Morgan fingerprint density at radius 3 is 2.77 bits per heavy atom. The number of hydrogen-bond donors (Lipinski definition) is 3. The van der Waals surface area contributed by atoms with Crippen molar-refractivity contribution in [3.05, 3.63) is 95.8 Å². The van der Waals surface area contributed by atoms with Crippen LogP contribution in [0.1, 0.15) is 28.4 Å². The van der Waals surface area contributed by atoms with Crippen LogP contribution >= 0.6 is 0 Å². The van der Waals surface area contributed by atoms with Crippen LogP contribution in [0, 0.1) is 0 Å². The van der Waals surface area contributed by atoms with Crippen LogP contribution in [-0.2, 0) is 25.6 Å². The summed E-state index contributed by atoms with van der Waals surface area (Å²) >= 11 is 0. The van der Waals surface area contributed by atoms with Crippen molar-refractivity contribution in [1.29, 1.82) is 0 Å². The lowest BCUT2D eigenvalue weighted by molar-refractivity contribution is -0.0749. The van der Waals surface area contributed by atoms with Gasteiger partial charge >= 0.3 is 12.0 Å². The summed E-state index contributed by atoms with van der Waals surface area (Å²) in [7, 11) is 0. The maximum Gasteiger partial charge on any atom is 0.335 e. The molecule has 0 radical (unpaired) electrons. The fourth-order valence-electron chi connectivity index (χ4n) is 4.73. The zero-order valence-corrected chi connectivity index (χ0v) is 23.0. The van der Waals surface area contributed by atoms with Crippen molar-refractivity contribution in [3.8, 4) is 0 Å². The number of carboxylic acid groups (broad SMARTS) is 1. The molecule has 0 saturated carbocycles. The predicted molar refractivity (Wildman–Crippen MR) is 154 cm³/mol. The largest absolute Gasteiger partial charge is 0.478 e. The number of aromatic carboxylic acids is 1. The lowest BCUT2D eigenvalue weighted by Gasteiger charge is -2.18. The number of hydrogen-bond acceptors (Lipinski definition) is 9. The summed E-state index contributed by atoms with van der Waals surface area (Å²) in [5.74, 6) is 0.00411. The molecule has 2 aliphatic heterocycles. The second kappa shape index (κ2) is 12.3. The number of nitrogens with one attached hydrogen (secondary N) is 2. The van der Waals surface area contributed by atoms with E-state index >= 15 is 0 Å². The average molecular weight is 585 g/mol. The van der Waals surface area contributed by atoms with Crippen molar-refractivity contribution in [2.75, 3.05) is 18.5 Å². The summed E-state index contributed by atoms with van der Waals surface area (Å²) in [6.07, 6.45) is 4.69. The number of ether oxygens (including phenoxy) is 4. The molecule has 1 saturated heterocycles. The number of anilines is 1. The summed E-state index contributed by atoms with van der Waals surface area (Å²) < 4.78 is 26.3. The highest BCUT2D eigenvalue weighted by Gasteiger charge is 2.47. The normalized spacial score (nSPS) is 19.3. The number of nitrogens with zero attached hydrogens (tertiary/aromatic N) is 4. The van der Waals surface area contributed by atoms with Crippen LogP contribution < -0.4 is 10.6 Å². The second-order valence-corrected chi connectivity index (χ2v) is 9.65. The van der Waals surface area contributed by atoms with Gasteiger partial charge in [0.1, 0.15) is 12.7 Å². The standard InChI is InChI=1S/C30H28N6O7/c1-2-31-30(39)35-26-23-27(33-16-32-26)36(17-34-23)28-25-24(42-22(43-25)12-11-18-7-4-3-5-8-18)21(41-28)15-40-14-19-9-6-10-20(13-19)29(37)38/h3-13,16-17,21-22,24H,2,14-15H2,1H3,(H,37,38)(H2,31,32,33,35,39). The molecule has 3 atom stereocenters. The van der Waals surface area contributed by atoms with Crippen molar-refractivity contribution in [3.63, 3.8) is 0 Å². The summed E-state index contributed by atoms with van der Waals surface area (Å²) in [6, 6.07) is 15.9. The van der Waals surface area contributed by atoms with Crippen LogP contribution in [0.25, 0.3) is 23.1 Å². The van der Waals surface area contributed by atoms with Gasteiger partial charge in [-0.2, -0.15) is 0 Å². The smallest absolute Gasteiger partial charge is 0.335 e. The Hall–Kier alpha value is -5.27. The zero-order valence-electron chi connectivity index (χ0n) is 23.0. The molecule has 2 amide bonds. The Bertz CT molecular complexity index is 1700. The number of rotatable bonds is 10. The van der Waals surface area contributed by atoms with Gasteiger partial charge in [0.2, 0.25) is 12.2 Å². The van der Waals surface area contributed by atoms with E-state index in [1.807, 2.05) is 49.4 Å². The third-order valence-electron chi connectivity index (χ3n) is 6.69. The van der Waals surface area contributed by atoms with Crippen LogP contribution in [0.5, 0.6) is 0 Å². The SMILES string of the molecule is CCNC(=O)Nc1ncnc2c1ncn2C1=C2OC(C=Cc3ccccc3)OC2C(COCc2cccc(C(=O)O)c2)O1. The van der Waals surface area contributed by atoms with Gasteiger partial charge in [0, 0.05) is 6.54 Å². The molecule has 6 rings (SSSR count). The maximum atomic E-state index is 12.1. The quantitative estimate of drug-likeness (QED) is 0.250. The highest BCUT2D eigenvalue weighted by Crippen LogP contribution is 2.40. The molecular formula is C30H28N6O7. The topological polar surface area (TPSA) is 159 Å². The Morgan fingerprint density at radius 2 is 1.95 bits per heavy atom. The lowest BCUT2D eigenvalue weighted by atomic mass is 10.1. The van der Waals surface area contributed by atoms with Crippen LogP contribution in [0.15, 0.2) is 79.1 Å². The third kappa shape index (κ3) is 6.03. The molecule has 0 bridgehead atoms. The molecule has 2 aromatic heterocycles. The molecule has 13 nitrogen and oxygen atoms in total. The predicted octanol–water partition coefficient (Wildman–Crippen LogP) is 3.86. The number of carbonyl (C=O) groups is 2. The highest BCUT2D eigenvalue weighted by molar-refractivity contribution is 5.96. The van der Waals surface area contributed by atoms with E-state index in [4.69, 9.17) is 18.9 Å². The van der Waals surface area contributed by atoms with Crippen molar-refractivity contribution < 1.29 is 33.6 Å². The average Bonchev–Trinajstić information content (AvgIpc) is 3.72. The van der Waals surface area contributed by atoms with Crippen molar-refractivity contribution in [2.45, 2.75) is 32.0 Å². The number of amides is 2. The number of carboxylic acids is 1. The number of aromatic nitrogens is 4. The Balaban J connectivity index is 1.25. The maximum absolute atomic E-state index is 12.1. The molecule has 3 N–H and O–H groups in total. The minimum Gasteiger partial charge on any atom is -0.478 e. The molecule has 0 aliphatic carbocycles. The third-order valence-corrected chi connectivity index (χ3v) is 6.69. The van der Waals surface area contributed by atoms with E-state index in [1.165, 1.54) is 18.7 Å². The van der Waals surface area contributed by atoms with Gasteiger partial charge in [-0.05, 0) is 36.3 Å². The van der Waals surface area contributed by atoms with Gasteiger partial charge in [-0.25, -0.2) is 29.1 Å². The van der Waals surface area contributed by atoms with E-state index in [0.29, 0.717) is 34.9 Å². The molecule has 2 aliphatic rings. The Labute approximate surface area is 245 Å². The first-order valence-electron chi connectivity index (χ1n) is 13.6. The number of fused-ring (bicyclic) bond motifs is 2. The summed E-state index contributed by atoms with van der Waals surface area (Å²) in [6.45, 7) is 2.56. The van der Waals surface area contributed by atoms with E-state index in [-0.39, 0.29) is 24.6 Å². The highest BCUT2D eigenvalue weighted by atomic mass is 16.7. The molecule has 0 spiro atoms. The van der Waals surface area contributed by atoms with Crippen LogP contribution in [-0.4, -0.2) is 68.3 Å². The molecule has 2 aromatic carbocycles. The zero-order chi connectivity index (χ0) is 29.8. The fraction of sp³-hybridized carbons (Fsp3) is 0.233. The fourth-order valence-corrected chi connectivity index (χ4v) is 4.73. The number of urea groups is 1. The molecule has 43 heavy (non-hydrogen) atoms. The summed E-state index contributed by atoms with van der Waals surface area (Å²) in [5.41, 5.74) is 2.63. The van der Waals surface area contributed by atoms with Crippen LogP contribution in [0.2, 0.25) is 0 Å². The molecule has 3 unspecified atom stereocenters. The number of carbonyl (C=O) groups excluding carboxylic acids is 1. The monoisotopic (exact) mass is 584 g/mol. The molecule has 4 aromatic rings. The number of imidazole rings is 1. The van der Waals surface area contributed by atoms with E-state index < -0.39 is 30.5 Å². The lowest BCUT2D eigenvalue weighted by Crippen LogP contribution is -2.30. The van der Waals surface area contributed by atoms with Gasteiger partial charge in [-0.15, -0.1) is 0 Å². The minimum atomic E-state index is -1.01. The summed E-state index contributed by atoms with van der Waals surface area (Å²) in [5, 5.41) is 14.6. The first-order valence-corrected chi connectivity index (χ1v) is 13.6. The van der Waals surface area contributed by atoms with Gasteiger partial charge in [0.25, 0.3) is 0 Å². The first-order chi connectivity index (χ1) is 21.0. The molecule has 220 valence electrons. The minimum absolute atomic E-state index is 0.124. The molecule has 4 heterocycles. The van der Waals surface area contributed by atoms with Crippen LogP contribution in [0.3, 0.4) is 0 Å². The first kappa shape index (κ1) is 27.9. The van der Waals surface area contributed by atoms with Gasteiger partial charge < -0.3 is 29.4 Å². The van der Waals surface area contributed by atoms with E-state index in [0.717, 1.165) is 5.56 Å². The number of benzene rings is 2.